The van der Waals surface area contributed by atoms with Crippen LogP contribution in [0.15, 0.2) is 42.7 Å². The average Bonchev–Trinajstić information content (AvgIpc) is 2.91. The molecule has 122 valence electrons. The third-order valence-corrected chi connectivity index (χ3v) is 4.82. The lowest BCUT2D eigenvalue weighted by Crippen LogP contribution is -2.36. The molecule has 4 heteroatoms. The van der Waals surface area contributed by atoms with Gasteiger partial charge in [0.2, 0.25) is 5.91 Å². The maximum atomic E-state index is 12.3. The van der Waals surface area contributed by atoms with Gasteiger partial charge in [-0.3, -0.25) is 4.79 Å². The van der Waals surface area contributed by atoms with Crippen LogP contribution in [0.3, 0.4) is 0 Å². The first kappa shape index (κ1) is 15.8. The molecule has 0 saturated heterocycles. The van der Waals surface area contributed by atoms with Gasteiger partial charge < -0.3 is 9.88 Å². The number of aromatic nitrogens is 2. The summed E-state index contributed by atoms with van der Waals surface area (Å²) >= 11 is 0. The first-order valence-corrected chi connectivity index (χ1v) is 8.56. The molecule has 1 heterocycles. The van der Waals surface area contributed by atoms with Crippen molar-refractivity contribution < 1.29 is 4.79 Å². The lowest BCUT2D eigenvalue weighted by molar-refractivity contribution is -0.122. The van der Waals surface area contributed by atoms with Crippen molar-refractivity contribution in [2.24, 2.45) is 5.92 Å². The van der Waals surface area contributed by atoms with Gasteiger partial charge in [0, 0.05) is 25.4 Å². The molecule has 23 heavy (non-hydrogen) atoms. The fourth-order valence-electron chi connectivity index (χ4n) is 3.20. The van der Waals surface area contributed by atoms with Gasteiger partial charge in [-0.15, -0.1) is 0 Å². The molecule has 1 aromatic carbocycles. The Morgan fingerprint density at radius 3 is 2.74 bits per heavy atom. The Morgan fingerprint density at radius 2 is 2.13 bits per heavy atom. The van der Waals surface area contributed by atoms with Crippen LogP contribution in [0.1, 0.15) is 49.5 Å². The number of aryl methyl sites for hydroxylation is 2. The zero-order valence-electron chi connectivity index (χ0n) is 13.7. The molecule has 0 radical (unpaired) electrons. The van der Waals surface area contributed by atoms with Crippen LogP contribution in [-0.4, -0.2) is 15.5 Å². The molecule has 0 bridgehead atoms. The number of hydrogen-bond acceptors (Lipinski definition) is 2. The molecular weight excluding hydrogens is 286 g/mol. The summed E-state index contributed by atoms with van der Waals surface area (Å²) in [4.78, 5) is 16.6. The quantitative estimate of drug-likeness (QED) is 0.849. The minimum absolute atomic E-state index is 0.156. The molecule has 1 saturated carbocycles. The Bertz CT molecular complexity index is 631. The van der Waals surface area contributed by atoms with Crippen molar-refractivity contribution >= 4 is 5.91 Å². The Morgan fingerprint density at radius 1 is 1.35 bits per heavy atom. The van der Waals surface area contributed by atoms with Crippen molar-refractivity contribution in [1.82, 2.24) is 14.9 Å². The van der Waals surface area contributed by atoms with Crippen molar-refractivity contribution in [3.05, 3.63) is 54.1 Å². The largest absolute Gasteiger partial charge is 0.349 e. The summed E-state index contributed by atoms with van der Waals surface area (Å²) in [6.45, 7) is 2.83. The highest BCUT2D eigenvalue weighted by atomic mass is 16.1. The maximum absolute atomic E-state index is 12.3. The van der Waals surface area contributed by atoms with E-state index in [-0.39, 0.29) is 11.9 Å². The summed E-state index contributed by atoms with van der Waals surface area (Å²) < 4.78 is 2.09. The van der Waals surface area contributed by atoms with Crippen molar-refractivity contribution in [2.45, 2.75) is 51.6 Å². The third kappa shape index (κ3) is 4.01. The van der Waals surface area contributed by atoms with Gasteiger partial charge >= 0.3 is 0 Å². The topological polar surface area (TPSA) is 46.9 Å². The van der Waals surface area contributed by atoms with E-state index in [9.17, 15) is 4.79 Å². The number of hydrogen-bond donors (Lipinski definition) is 1. The fraction of sp³-hybridized carbons (Fsp3) is 0.474. The molecule has 3 rings (SSSR count). The molecule has 1 aliphatic carbocycles. The molecule has 0 aliphatic heterocycles. The highest BCUT2D eigenvalue weighted by Gasteiger charge is 2.29. The Balaban J connectivity index is 1.53. The van der Waals surface area contributed by atoms with Crippen molar-refractivity contribution in [1.29, 1.82) is 0 Å². The van der Waals surface area contributed by atoms with Crippen LogP contribution in [0.2, 0.25) is 0 Å². The van der Waals surface area contributed by atoms with Crippen LogP contribution >= 0.6 is 0 Å². The number of benzene rings is 1. The SMILES string of the molecule is Cc1nccn1CCCC(=O)NC(c1ccccc1)C1CCC1. The highest BCUT2D eigenvalue weighted by molar-refractivity contribution is 5.76. The normalized spacial score (nSPS) is 15.9. The smallest absolute Gasteiger partial charge is 0.220 e. The highest BCUT2D eigenvalue weighted by Crippen LogP contribution is 2.37. The average molecular weight is 311 g/mol. The predicted molar refractivity (Wildman–Crippen MR) is 90.9 cm³/mol. The summed E-state index contributed by atoms with van der Waals surface area (Å²) in [6, 6.07) is 10.5. The number of carbonyl (C=O) groups is 1. The van der Waals surface area contributed by atoms with E-state index in [0.717, 1.165) is 18.8 Å². The van der Waals surface area contributed by atoms with Crippen LogP contribution in [-0.2, 0) is 11.3 Å². The minimum Gasteiger partial charge on any atom is -0.349 e. The van der Waals surface area contributed by atoms with Gasteiger partial charge in [-0.2, -0.15) is 0 Å². The number of nitrogens with zero attached hydrogens (tertiary/aromatic N) is 2. The zero-order chi connectivity index (χ0) is 16.1. The maximum Gasteiger partial charge on any atom is 0.220 e. The lowest BCUT2D eigenvalue weighted by atomic mass is 9.77. The number of carbonyl (C=O) groups excluding carboxylic acids is 1. The Hall–Kier alpha value is -2.10. The van der Waals surface area contributed by atoms with Crippen molar-refractivity contribution in [3.63, 3.8) is 0 Å². The van der Waals surface area contributed by atoms with E-state index in [1.54, 1.807) is 6.20 Å². The summed E-state index contributed by atoms with van der Waals surface area (Å²) in [5.41, 5.74) is 1.23. The van der Waals surface area contributed by atoms with E-state index in [4.69, 9.17) is 0 Å². The molecule has 0 spiro atoms. The molecule has 1 fully saturated rings. The van der Waals surface area contributed by atoms with Gasteiger partial charge in [-0.1, -0.05) is 36.8 Å². The number of imidazole rings is 1. The molecule has 1 unspecified atom stereocenters. The van der Waals surface area contributed by atoms with Crippen LogP contribution in [0.4, 0.5) is 0 Å². The van der Waals surface area contributed by atoms with Crippen LogP contribution < -0.4 is 5.32 Å². The van der Waals surface area contributed by atoms with Crippen molar-refractivity contribution in [2.75, 3.05) is 0 Å². The number of amides is 1. The molecule has 1 aromatic heterocycles. The van der Waals surface area contributed by atoms with Gasteiger partial charge in [0.15, 0.2) is 0 Å². The molecular formula is C19H25N3O. The Labute approximate surface area is 137 Å². The van der Waals surface area contributed by atoms with Gasteiger partial charge in [0.05, 0.1) is 6.04 Å². The lowest BCUT2D eigenvalue weighted by Gasteiger charge is -2.34. The Kier molecular flexibility index (Phi) is 5.11. The molecule has 2 aromatic rings. The van der Waals surface area contributed by atoms with Gasteiger partial charge in [-0.25, -0.2) is 4.98 Å². The molecule has 1 N–H and O–H groups in total. The summed E-state index contributed by atoms with van der Waals surface area (Å²) in [7, 11) is 0. The summed E-state index contributed by atoms with van der Waals surface area (Å²) in [5.74, 6) is 1.75. The van der Waals surface area contributed by atoms with E-state index >= 15 is 0 Å². The second kappa shape index (κ2) is 7.44. The second-order valence-electron chi connectivity index (χ2n) is 6.42. The summed E-state index contributed by atoms with van der Waals surface area (Å²) in [5, 5.41) is 3.27. The van der Waals surface area contributed by atoms with Crippen LogP contribution in [0.25, 0.3) is 0 Å². The first-order valence-electron chi connectivity index (χ1n) is 8.56. The molecule has 1 aliphatic rings. The number of rotatable bonds is 7. The van der Waals surface area contributed by atoms with Crippen molar-refractivity contribution in [3.8, 4) is 0 Å². The van der Waals surface area contributed by atoms with E-state index in [1.165, 1.54) is 24.8 Å². The van der Waals surface area contributed by atoms with Crippen LogP contribution in [0.5, 0.6) is 0 Å². The van der Waals surface area contributed by atoms with Crippen LogP contribution in [0, 0.1) is 12.8 Å². The van der Waals surface area contributed by atoms with E-state index in [2.05, 4.69) is 39.1 Å². The minimum atomic E-state index is 0.156. The fourth-order valence-corrected chi connectivity index (χ4v) is 3.20. The number of nitrogens with one attached hydrogen (secondary N) is 1. The van der Waals surface area contributed by atoms with E-state index in [1.807, 2.05) is 19.2 Å². The molecule has 1 amide bonds. The molecule has 4 nitrogen and oxygen atoms in total. The predicted octanol–water partition coefficient (Wildman–Crippen LogP) is 3.63. The second-order valence-corrected chi connectivity index (χ2v) is 6.42. The standard InChI is InChI=1S/C19H25N3O/c1-15-20-12-14-22(15)13-6-11-18(23)21-19(17-9-5-10-17)16-7-3-2-4-8-16/h2-4,7-8,12,14,17,19H,5-6,9-11,13H2,1H3,(H,21,23). The van der Waals surface area contributed by atoms with E-state index in [0.29, 0.717) is 12.3 Å². The van der Waals surface area contributed by atoms with Gasteiger partial charge in [-0.05, 0) is 37.7 Å². The molecule has 1 atom stereocenters. The first-order chi connectivity index (χ1) is 11.2. The summed E-state index contributed by atoms with van der Waals surface area (Å²) in [6.07, 6.45) is 8.89. The zero-order valence-corrected chi connectivity index (χ0v) is 13.7. The third-order valence-electron chi connectivity index (χ3n) is 4.82. The van der Waals surface area contributed by atoms with Gasteiger partial charge in [0.1, 0.15) is 5.82 Å². The van der Waals surface area contributed by atoms with E-state index < -0.39 is 0 Å². The monoisotopic (exact) mass is 311 g/mol. The van der Waals surface area contributed by atoms with Gasteiger partial charge in [0.25, 0.3) is 0 Å².